The highest BCUT2D eigenvalue weighted by Crippen LogP contribution is 2.39. The largest absolute Gasteiger partial charge is 0.394 e. The normalized spacial score (nSPS) is 46.3. The van der Waals surface area contributed by atoms with Crippen LogP contribution in [-0.4, -0.2) is 481 Å². The molecule has 8 rings (SSSR count). The Hall–Kier alpha value is -3.76. The average molecular weight is 1630 g/mol. The van der Waals surface area contributed by atoms with Crippen LogP contribution in [0.5, 0.6) is 0 Å². The van der Waals surface area contributed by atoms with Gasteiger partial charge in [-0.2, -0.15) is 0 Å². The lowest BCUT2D eigenvalue weighted by atomic mass is 9.94. The van der Waals surface area contributed by atoms with Crippen LogP contribution in [0.4, 0.5) is 0 Å². The monoisotopic (exact) mass is 1630 g/mol. The SMILES string of the molecule is CC(=O)N[C@H]1[C@H](O[C@@H]([C@H](O)[C@H](CO)NC(C)=O)[C@H](O)CO[C@@H]2O[C@@H](C)[C@@H](O)[C@@H](O)[C@@H]2O)O[C@H](CO)[C@@H](O[C@@H]2O[C@H](CO[C@H]3O[C@H](CO)[C@@H](O)[C@H](O[C@H]4O[C@H](CO)[C@@H](O)[C@H](O)[C@@H]4O)[C@@H]3O)[C@@H](O)[C@H](O[C@H]3O[C@H](CO)[C@@H](O)[C@H](O)[C@@H]3O[C@@H]3O[C@H](CO)[C@@H](O[C@@H]4O[C@H](CO)[C@H](O)[C@H](O)[C@H]4NC(C)=O)[C@H](O)[C@H]3NC(C)=O)[C@@H]2O)[C@@H]1O. The van der Waals surface area contributed by atoms with E-state index in [1.807, 2.05) is 0 Å². The lowest BCUT2D eigenvalue weighted by molar-refractivity contribution is -0.397. The van der Waals surface area contributed by atoms with E-state index in [0.717, 1.165) is 27.7 Å². The first-order valence-corrected chi connectivity index (χ1v) is 35.4. The van der Waals surface area contributed by atoms with Crippen molar-refractivity contribution in [2.24, 2.45) is 0 Å². The number of rotatable bonds is 32. The number of ether oxygens (including phenoxy) is 16. The molecule has 8 heterocycles. The Morgan fingerprint density at radius 2 is 0.694 bits per heavy atom. The lowest BCUT2D eigenvalue weighted by Gasteiger charge is -2.51. The molecule has 8 fully saturated rings. The van der Waals surface area contributed by atoms with E-state index >= 15 is 0 Å². The molecule has 0 saturated carbocycles. The van der Waals surface area contributed by atoms with Crippen molar-refractivity contribution in [2.45, 2.75) is 304 Å². The van der Waals surface area contributed by atoms with E-state index in [1.54, 1.807) is 0 Å². The Morgan fingerprint density at radius 1 is 0.333 bits per heavy atom. The molecule has 0 aromatic rings. The second-order valence-corrected chi connectivity index (χ2v) is 28.0. The van der Waals surface area contributed by atoms with Crippen molar-refractivity contribution in [3.05, 3.63) is 0 Å². The third-order valence-corrected chi connectivity index (χ3v) is 20.0. The molecule has 0 bridgehead atoms. The summed E-state index contributed by atoms with van der Waals surface area (Å²) < 4.78 is 94.0. The summed E-state index contributed by atoms with van der Waals surface area (Å²) in [4.78, 5) is 50.7. The third kappa shape index (κ3) is 21.4. The second kappa shape index (κ2) is 41.1. The summed E-state index contributed by atoms with van der Waals surface area (Å²) in [6, 6.07) is -7.38. The predicted octanol–water partition coefficient (Wildman–Crippen LogP) is -19.4. The predicted molar refractivity (Wildman–Crippen MR) is 344 cm³/mol. The van der Waals surface area contributed by atoms with Gasteiger partial charge >= 0.3 is 0 Å². The molecule has 0 spiro atoms. The zero-order chi connectivity index (χ0) is 82.2. The maximum atomic E-state index is 13.1. The molecule has 111 heavy (non-hydrogen) atoms. The molecule has 8 aliphatic rings. The van der Waals surface area contributed by atoms with Gasteiger partial charge in [0.1, 0.15) is 207 Å². The lowest BCUT2D eigenvalue weighted by Crippen LogP contribution is -2.71. The Kier molecular flexibility index (Phi) is 34.3. The summed E-state index contributed by atoms with van der Waals surface area (Å²) >= 11 is 0. The second-order valence-electron chi connectivity index (χ2n) is 28.0. The average Bonchev–Trinajstić information content (AvgIpc) is 0.764. The number of nitrogens with one attached hydrogen (secondary N) is 4. The van der Waals surface area contributed by atoms with E-state index < -0.39 is 353 Å². The summed E-state index contributed by atoms with van der Waals surface area (Å²) in [6.07, 6.45) is -82.6. The fourth-order valence-electron chi connectivity index (χ4n) is 13.9. The summed E-state index contributed by atoms with van der Waals surface area (Å²) in [6.45, 7) is -4.73. The number of aliphatic hydroxyl groups excluding tert-OH is 25. The highest BCUT2D eigenvalue weighted by Gasteiger charge is 2.60. The number of amides is 4. The first kappa shape index (κ1) is 92.7. The molecule has 8 saturated heterocycles. The zero-order valence-electron chi connectivity index (χ0n) is 60.1. The molecule has 644 valence electrons. The van der Waals surface area contributed by atoms with Crippen molar-refractivity contribution in [3.63, 3.8) is 0 Å². The summed E-state index contributed by atoms with van der Waals surface area (Å²) in [5, 5.41) is 287. The quantitative estimate of drug-likeness (QED) is 0.0297. The maximum Gasteiger partial charge on any atom is 0.217 e. The van der Waals surface area contributed by atoms with Crippen molar-refractivity contribution in [3.8, 4) is 0 Å². The number of aliphatic hydroxyl groups is 25. The summed E-state index contributed by atoms with van der Waals surface area (Å²) in [7, 11) is 0. The molecular formula is C62H106N4O45. The molecule has 0 aliphatic carbocycles. The van der Waals surface area contributed by atoms with Gasteiger partial charge in [0.25, 0.3) is 0 Å². The van der Waals surface area contributed by atoms with Crippen LogP contribution in [0.2, 0.25) is 0 Å². The van der Waals surface area contributed by atoms with Gasteiger partial charge in [0.2, 0.25) is 23.6 Å². The minimum atomic E-state index is -2.58. The fraction of sp³-hybridized carbons (Fsp3) is 0.935. The summed E-state index contributed by atoms with van der Waals surface area (Å²) in [5.41, 5.74) is 0. The Labute approximate surface area is 629 Å². The molecule has 0 aromatic carbocycles. The minimum Gasteiger partial charge on any atom is -0.394 e. The topological polar surface area (TPSA) is 770 Å². The number of hydrogen-bond donors (Lipinski definition) is 29. The molecule has 0 aromatic heterocycles. The molecule has 4 amide bonds. The first-order chi connectivity index (χ1) is 52.4. The minimum absolute atomic E-state index is 0.807. The van der Waals surface area contributed by atoms with E-state index in [0.29, 0.717) is 0 Å². The molecule has 49 nitrogen and oxygen atoms in total. The van der Waals surface area contributed by atoms with Gasteiger partial charge < -0.3 is 225 Å². The standard InChI is InChI=1S/C62H106N4O45/c1-15-32(79)42(89)45(92)58(98-15)96-13-21(78)49(33(80)20(6-67)63-16(2)74)106-56-30(65-18(4)76)41(88)51(27(12-73)103-56)108-61-48(95)53(38(85)28(105-61)14-97-59-47(94)52(37(84)25(10-71)100-59)109-60-46(93)43(90)35(82)23(8-69)101-60)110-62-54(44(91)36(83)24(9-70)102-62)111-57-31(66-19(5)77)40(87)50(26(11-72)104-57)107-55-29(64-17(3)75)39(86)34(81)22(7-68)99-55/h15,20-62,67-73,78-95H,6-14H2,1-5H3,(H,63,74)(H,64,75)(H,65,76)(H,66,77)/t15-,20-,21+,22+,23+,24+,25+,26+,27+,28+,29+,30+,31+,32+,33+,34-,35+,36+,37+,38+,39+,40+,41+,42+,43-,44-,45-,46-,47-,48-,49+,50+,51+,52-,53-,54-,55-,56-,57-,58+,59-,60+,61-,62+/m0/s1. The van der Waals surface area contributed by atoms with Gasteiger partial charge in [0, 0.05) is 27.7 Å². The van der Waals surface area contributed by atoms with Crippen LogP contribution < -0.4 is 21.3 Å². The van der Waals surface area contributed by atoms with Crippen molar-refractivity contribution < 1.29 is 223 Å². The van der Waals surface area contributed by atoms with E-state index in [4.69, 9.17) is 75.8 Å². The van der Waals surface area contributed by atoms with E-state index in [1.165, 1.54) is 6.92 Å². The molecular weight excluding hydrogens is 1520 g/mol. The van der Waals surface area contributed by atoms with Crippen molar-refractivity contribution in [2.75, 3.05) is 59.5 Å². The molecule has 0 radical (unpaired) electrons. The highest BCUT2D eigenvalue weighted by atomic mass is 16.8. The Balaban J connectivity index is 1.13. The highest BCUT2D eigenvalue weighted by molar-refractivity contribution is 5.74. The third-order valence-electron chi connectivity index (χ3n) is 20.0. The molecule has 29 N–H and O–H groups in total. The van der Waals surface area contributed by atoms with Gasteiger partial charge in [-0.05, 0) is 6.92 Å². The van der Waals surface area contributed by atoms with Gasteiger partial charge in [-0.1, -0.05) is 0 Å². The van der Waals surface area contributed by atoms with Crippen molar-refractivity contribution in [1.82, 2.24) is 21.3 Å². The van der Waals surface area contributed by atoms with Gasteiger partial charge in [0.15, 0.2) is 50.3 Å². The summed E-state index contributed by atoms with van der Waals surface area (Å²) in [5.74, 6) is -3.62. The van der Waals surface area contributed by atoms with Crippen LogP contribution in [-0.2, 0) is 95.0 Å². The van der Waals surface area contributed by atoms with Crippen LogP contribution in [0.1, 0.15) is 34.6 Å². The van der Waals surface area contributed by atoms with Gasteiger partial charge in [-0.15, -0.1) is 0 Å². The van der Waals surface area contributed by atoms with Crippen LogP contribution >= 0.6 is 0 Å². The van der Waals surface area contributed by atoms with Gasteiger partial charge in [-0.3, -0.25) is 19.2 Å². The fourth-order valence-corrected chi connectivity index (χ4v) is 13.9. The van der Waals surface area contributed by atoms with Crippen LogP contribution in [0, 0.1) is 0 Å². The van der Waals surface area contributed by atoms with Crippen LogP contribution in [0.3, 0.4) is 0 Å². The van der Waals surface area contributed by atoms with Gasteiger partial charge in [-0.25, -0.2) is 0 Å². The number of hydrogen-bond acceptors (Lipinski definition) is 45. The molecule has 0 unspecified atom stereocenters. The Bertz CT molecular complexity index is 2900. The maximum absolute atomic E-state index is 13.1. The van der Waals surface area contributed by atoms with E-state index in [-0.39, 0.29) is 0 Å². The molecule has 49 heteroatoms. The van der Waals surface area contributed by atoms with Crippen LogP contribution in [0.15, 0.2) is 0 Å². The van der Waals surface area contributed by atoms with Crippen molar-refractivity contribution >= 4 is 23.6 Å². The van der Waals surface area contributed by atoms with E-state index in [2.05, 4.69) is 21.3 Å². The van der Waals surface area contributed by atoms with Gasteiger partial charge in [0.05, 0.1) is 71.6 Å². The van der Waals surface area contributed by atoms with Crippen molar-refractivity contribution in [1.29, 1.82) is 0 Å². The smallest absolute Gasteiger partial charge is 0.217 e. The molecule has 8 aliphatic heterocycles. The number of carbonyl (C=O) groups excluding carboxylic acids is 4. The van der Waals surface area contributed by atoms with Crippen LogP contribution in [0.25, 0.3) is 0 Å². The molecule has 44 atom stereocenters. The first-order valence-electron chi connectivity index (χ1n) is 35.4. The Morgan fingerprint density at radius 3 is 1.21 bits per heavy atom. The number of carbonyl (C=O) groups is 4. The zero-order valence-corrected chi connectivity index (χ0v) is 60.1. The van der Waals surface area contributed by atoms with E-state index in [9.17, 15) is 147 Å².